The monoisotopic (exact) mass is 363 g/mol. The standard InChI is InChI=1S/C19H33N5O2/c1-19(2,3)13-24(18(25)26)12-14-6-8-15(9-7-14)21-17-20-11-10-16(22-17)23(4)5/h10-11,14-15H,6-9,12-13H2,1-5H3,(H,25,26)(H,20,21,22). The van der Waals surface area contributed by atoms with Gasteiger partial charge in [0.2, 0.25) is 5.95 Å². The van der Waals surface area contributed by atoms with Gasteiger partial charge in [-0.1, -0.05) is 20.8 Å². The van der Waals surface area contributed by atoms with Crippen LogP contribution in [0.3, 0.4) is 0 Å². The fourth-order valence-corrected chi connectivity index (χ4v) is 3.43. The quantitative estimate of drug-likeness (QED) is 0.804. The number of carboxylic acid groups (broad SMARTS) is 1. The van der Waals surface area contributed by atoms with E-state index in [1.807, 2.05) is 25.1 Å². The minimum Gasteiger partial charge on any atom is -0.465 e. The van der Waals surface area contributed by atoms with E-state index in [0.29, 0.717) is 31.0 Å². The predicted octanol–water partition coefficient (Wildman–Crippen LogP) is 3.54. The third-order valence-electron chi connectivity index (χ3n) is 4.69. The third kappa shape index (κ3) is 6.35. The van der Waals surface area contributed by atoms with Crippen LogP contribution in [0.15, 0.2) is 12.3 Å². The summed E-state index contributed by atoms with van der Waals surface area (Å²) < 4.78 is 0. The molecule has 0 saturated heterocycles. The first-order chi connectivity index (χ1) is 12.1. The van der Waals surface area contributed by atoms with Crippen LogP contribution < -0.4 is 10.2 Å². The average molecular weight is 364 g/mol. The number of amides is 1. The highest BCUT2D eigenvalue weighted by atomic mass is 16.4. The molecule has 26 heavy (non-hydrogen) atoms. The van der Waals surface area contributed by atoms with Gasteiger partial charge in [0.15, 0.2) is 0 Å². The molecule has 1 aromatic heterocycles. The summed E-state index contributed by atoms with van der Waals surface area (Å²) in [7, 11) is 3.92. The summed E-state index contributed by atoms with van der Waals surface area (Å²) >= 11 is 0. The number of carbonyl (C=O) groups is 1. The van der Waals surface area contributed by atoms with Gasteiger partial charge in [-0.05, 0) is 43.1 Å². The van der Waals surface area contributed by atoms with Gasteiger partial charge in [-0.3, -0.25) is 0 Å². The van der Waals surface area contributed by atoms with Crippen LogP contribution in [0.1, 0.15) is 46.5 Å². The second-order valence-electron chi connectivity index (χ2n) is 8.72. The first kappa shape index (κ1) is 20.3. The molecule has 0 aliphatic heterocycles. The van der Waals surface area contributed by atoms with Crippen LogP contribution in [-0.4, -0.2) is 59.3 Å². The molecule has 1 saturated carbocycles. The number of hydrogen-bond acceptors (Lipinski definition) is 5. The van der Waals surface area contributed by atoms with E-state index in [9.17, 15) is 9.90 Å². The first-order valence-electron chi connectivity index (χ1n) is 9.39. The third-order valence-corrected chi connectivity index (χ3v) is 4.69. The molecule has 0 unspecified atom stereocenters. The minimum atomic E-state index is -0.811. The Balaban J connectivity index is 1.84. The molecule has 2 N–H and O–H groups in total. The Bertz CT molecular complexity index is 592. The van der Waals surface area contributed by atoms with Crippen LogP contribution in [-0.2, 0) is 0 Å². The van der Waals surface area contributed by atoms with E-state index in [1.54, 1.807) is 11.1 Å². The Labute approximate surface area is 156 Å². The Kier molecular flexibility index (Phi) is 6.67. The zero-order chi connectivity index (χ0) is 19.3. The van der Waals surface area contributed by atoms with E-state index < -0.39 is 6.09 Å². The van der Waals surface area contributed by atoms with Crippen molar-refractivity contribution in [3.8, 4) is 0 Å². The molecule has 7 nitrogen and oxygen atoms in total. The van der Waals surface area contributed by atoms with E-state index in [2.05, 4.69) is 36.1 Å². The zero-order valence-corrected chi connectivity index (χ0v) is 16.7. The number of nitrogens with one attached hydrogen (secondary N) is 1. The molecule has 1 aliphatic rings. The minimum absolute atomic E-state index is 0.0219. The summed E-state index contributed by atoms with van der Waals surface area (Å²) in [6, 6.07) is 2.24. The summed E-state index contributed by atoms with van der Waals surface area (Å²) in [5, 5.41) is 12.9. The molecular formula is C19H33N5O2. The van der Waals surface area contributed by atoms with Crippen molar-refractivity contribution in [2.24, 2.45) is 11.3 Å². The van der Waals surface area contributed by atoms with Gasteiger partial charge < -0.3 is 20.2 Å². The lowest BCUT2D eigenvalue weighted by Crippen LogP contribution is -2.41. The van der Waals surface area contributed by atoms with Crippen LogP contribution in [0.25, 0.3) is 0 Å². The van der Waals surface area contributed by atoms with Crippen LogP contribution in [0, 0.1) is 11.3 Å². The maximum atomic E-state index is 11.5. The first-order valence-corrected chi connectivity index (χ1v) is 9.39. The van der Waals surface area contributed by atoms with Crippen LogP contribution >= 0.6 is 0 Å². The molecule has 146 valence electrons. The lowest BCUT2D eigenvalue weighted by molar-refractivity contribution is 0.110. The van der Waals surface area contributed by atoms with Gasteiger partial charge in [0.05, 0.1) is 0 Å². The van der Waals surface area contributed by atoms with Gasteiger partial charge in [0, 0.05) is 39.4 Å². The molecule has 7 heteroatoms. The molecule has 0 atom stereocenters. The van der Waals surface area contributed by atoms with Crippen molar-refractivity contribution in [3.63, 3.8) is 0 Å². The molecule has 0 aromatic carbocycles. The van der Waals surface area contributed by atoms with E-state index >= 15 is 0 Å². The van der Waals surface area contributed by atoms with E-state index in [4.69, 9.17) is 0 Å². The molecule has 1 fully saturated rings. The van der Waals surface area contributed by atoms with Crippen molar-refractivity contribution >= 4 is 17.9 Å². The molecule has 0 spiro atoms. The van der Waals surface area contributed by atoms with Crippen LogP contribution in [0.2, 0.25) is 0 Å². The van der Waals surface area contributed by atoms with E-state index in [1.165, 1.54) is 0 Å². The smallest absolute Gasteiger partial charge is 0.407 e. The summed E-state index contributed by atoms with van der Waals surface area (Å²) in [4.78, 5) is 23.9. The zero-order valence-electron chi connectivity index (χ0n) is 16.7. The molecule has 2 rings (SSSR count). The molecule has 0 radical (unpaired) electrons. The highest BCUT2D eigenvalue weighted by molar-refractivity contribution is 5.65. The van der Waals surface area contributed by atoms with Gasteiger partial charge in [-0.2, -0.15) is 4.98 Å². The fourth-order valence-electron chi connectivity index (χ4n) is 3.43. The van der Waals surface area contributed by atoms with Crippen LogP contribution in [0.4, 0.5) is 16.6 Å². The van der Waals surface area contributed by atoms with Crippen molar-refractivity contribution in [2.75, 3.05) is 37.4 Å². The van der Waals surface area contributed by atoms with Crippen molar-refractivity contribution in [2.45, 2.75) is 52.5 Å². The number of hydrogen-bond donors (Lipinski definition) is 2. The highest BCUT2D eigenvalue weighted by Gasteiger charge is 2.27. The van der Waals surface area contributed by atoms with Crippen molar-refractivity contribution < 1.29 is 9.90 Å². The van der Waals surface area contributed by atoms with Gasteiger partial charge in [-0.15, -0.1) is 0 Å². The molecule has 0 bridgehead atoms. The Hall–Kier alpha value is -2.05. The molecule has 1 aliphatic carbocycles. The molecule has 1 heterocycles. The van der Waals surface area contributed by atoms with Gasteiger partial charge in [-0.25, -0.2) is 9.78 Å². The second-order valence-corrected chi connectivity index (χ2v) is 8.72. The van der Waals surface area contributed by atoms with E-state index in [-0.39, 0.29) is 5.41 Å². The number of nitrogens with zero attached hydrogens (tertiary/aromatic N) is 4. The van der Waals surface area contributed by atoms with Gasteiger partial charge >= 0.3 is 6.09 Å². The Morgan fingerprint density at radius 3 is 2.46 bits per heavy atom. The molecule has 1 aromatic rings. The lowest BCUT2D eigenvalue weighted by atomic mass is 9.85. The number of rotatable bonds is 6. The Morgan fingerprint density at radius 1 is 1.27 bits per heavy atom. The lowest BCUT2D eigenvalue weighted by Gasteiger charge is -2.34. The van der Waals surface area contributed by atoms with Gasteiger partial charge in [0.25, 0.3) is 0 Å². The predicted molar refractivity (Wildman–Crippen MR) is 105 cm³/mol. The Morgan fingerprint density at radius 2 is 1.92 bits per heavy atom. The van der Waals surface area contributed by atoms with Gasteiger partial charge in [0.1, 0.15) is 5.82 Å². The maximum Gasteiger partial charge on any atom is 0.407 e. The normalized spacial score (nSPS) is 20.5. The number of aromatic nitrogens is 2. The molecule has 1 amide bonds. The average Bonchev–Trinajstić information content (AvgIpc) is 2.55. The van der Waals surface area contributed by atoms with E-state index in [0.717, 1.165) is 31.5 Å². The summed E-state index contributed by atoms with van der Waals surface area (Å²) in [6.07, 6.45) is 5.05. The highest BCUT2D eigenvalue weighted by Crippen LogP contribution is 2.28. The largest absolute Gasteiger partial charge is 0.465 e. The topological polar surface area (TPSA) is 81.6 Å². The second kappa shape index (κ2) is 8.56. The van der Waals surface area contributed by atoms with Crippen molar-refractivity contribution in [1.29, 1.82) is 0 Å². The summed E-state index contributed by atoms with van der Waals surface area (Å²) in [5.74, 6) is 1.98. The number of anilines is 2. The van der Waals surface area contributed by atoms with Crippen molar-refractivity contribution in [3.05, 3.63) is 12.3 Å². The SMILES string of the molecule is CN(C)c1ccnc(NC2CCC(CN(CC(C)(C)C)C(=O)O)CC2)n1. The van der Waals surface area contributed by atoms with Crippen molar-refractivity contribution in [1.82, 2.24) is 14.9 Å². The summed E-state index contributed by atoms with van der Waals surface area (Å²) in [6.45, 7) is 7.43. The maximum absolute atomic E-state index is 11.5. The summed E-state index contributed by atoms with van der Waals surface area (Å²) in [5.41, 5.74) is -0.0219. The molecular weight excluding hydrogens is 330 g/mol. The fraction of sp³-hybridized carbons (Fsp3) is 0.737. The van der Waals surface area contributed by atoms with Crippen LogP contribution in [0.5, 0.6) is 0 Å².